The molecule has 30 heavy (non-hydrogen) atoms. The Balaban J connectivity index is 2.01. The predicted molar refractivity (Wildman–Crippen MR) is 117 cm³/mol. The molecule has 2 amide bonds. The van der Waals surface area contributed by atoms with Gasteiger partial charge in [-0.1, -0.05) is 19.1 Å². The summed E-state index contributed by atoms with van der Waals surface area (Å²) in [5.74, 6) is 0.679. The maximum Gasteiger partial charge on any atom is 0.319 e. The van der Waals surface area contributed by atoms with Crippen LogP contribution in [-0.4, -0.2) is 30.5 Å². The van der Waals surface area contributed by atoms with E-state index in [2.05, 4.69) is 33.9 Å². The topological polar surface area (TPSA) is 111 Å². The van der Waals surface area contributed by atoms with Gasteiger partial charge in [0.25, 0.3) is 0 Å². The third kappa shape index (κ3) is 3.26. The van der Waals surface area contributed by atoms with Crippen LogP contribution in [0.25, 0.3) is 28.0 Å². The Hall–Kier alpha value is -3.81. The predicted octanol–water partition coefficient (Wildman–Crippen LogP) is 4.23. The quantitative estimate of drug-likeness (QED) is 0.462. The molecule has 0 radical (unpaired) electrons. The van der Waals surface area contributed by atoms with Crippen LogP contribution >= 0.6 is 0 Å². The van der Waals surface area contributed by atoms with Crippen molar-refractivity contribution in [3.05, 3.63) is 54.2 Å². The summed E-state index contributed by atoms with van der Waals surface area (Å²) in [4.78, 5) is 11.6. The van der Waals surface area contributed by atoms with Crippen LogP contribution < -0.4 is 11.1 Å². The summed E-state index contributed by atoms with van der Waals surface area (Å²) in [5.41, 5.74) is 8.76. The van der Waals surface area contributed by atoms with Crippen LogP contribution in [0.15, 0.2) is 48.7 Å². The third-order valence-corrected chi connectivity index (χ3v) is 5.15. The lowest BCUT2D eigenvalue weighted by Crippen LogP contribution is -2.22. The van der Waals surface area contributed by atoms with E-state index in [1.165, 1.54) is 0 Å². The molecule has 0 aliphatic rings. The number of aromatic nitrogens is 4. The fraction of sp³-hybridized carbons (Fsp3) is 0.227. The van der Waals surface area contributed by atoms with Gasteiger partial charge in [-0.15, -0.1) is 10.2 Å². The number of phenolic OH excluding ortho intramolecular Hbond substituents is 1. The molecule has 4 N–H and O–H groups in total. The van der Waals surface area contributed by atoms with Crippen LogP contribution in [0.4, 0.5) is 10.7 Å². The van der Waals surface area contributed by atoms with Crippen molar-refractivity contribution in [2.75, 3.05) is 5.32 Å². The molecule has 0 spiro atoms. The molecule has 0 aliphatic carbocycles. The molecule has 0 fully saturated rings. The number of nitrogens with two attached hydrogens (primary N) is 1. The number of nitrogens with one attached hydrogen (secondary N) is 1. The zero-order chi connectivity index (χ0) is 21.4. The number of urea groups is 1. The number of rotatable bonds is 5. The number of aromatic hydroxyl groups is 1. The van der Waals surface area contributed by atoms with Gasteiger partial charge < -0.3 is 15.4 Å². The lowest BCUT2D eigenvalue weighted by atomic mass is 10.1. The first-order valence-electron chi connectivity index (χ1n) is 9.84. The first-order chi connectivity index (χ1) is 14.4. The average molecular weight is 404 g/mol. The van der Waals surface area contributed by atoms with E-state index in [0.717, 1.165) is 28.6 Å². The van der Waals surface area contributed by atoms with E-state index in [1.807, 2.05) is 49.5 Å². The highest BCUT2D eigenvalue weighted by Gasteiger charge is 2.21. The molecule has 8 heteroatoms. The second-order valence-electron chi connectivity index (χ2n) is 7.40. The molecule has 154 valence electrons. The Bertz CT molecular complexity index is 1240. The minimum absolute atomic E-state index is 0.0819. The SMILES string of the molecule is CCc1ccc(O)c(-c2nnc(NC(N)=O)n2-c2cccc3c2ccn3C(C)C)c1. The minimum Gasteiger partial charge on any atom is -0.507 e. The van der Waals surface area contributed by atoms with Crippen LogP contribution in [0.2, 0.25) is 0 Å². The summed E-state index contributed by atoms with van der Waals surface area (Å²) in [7, 11) is 0. The van der Waals surface area contributed by atoms with E-state index in [-0.39, 0.29) is 17.7 Å². The monoisotopic (exact) mass is 404 g/mol. The lowest BCUT2D eigenvalue weighted by Gasteiger charge is -2.14. The number of carbonyl (C=O) groups is 1. The number of carbonyl (C=O) groups excluding carboxylic acids is 1. The first kappa shape index (κ1) is 19.5. The van der Waals surface area contributed by atoms with Gasteiger partial charge in [-0.25, -0.2) is 4.79 Å². The van der Waals surface area contributed by atoms with E-state index in [4.69, 9.17) is 5.73 Å². The number of hydrogen-bond donors (Lipinski definition) is 3. The van der Waals surface area contributed by atoms with Gasteiger partial charge in [0.05, 0.1) is 16.8 Å². The lowest BCUT2D eigenvalue weighted by molar-refractivity contribution is 0.259. The molecule has 2 aromatic carbocycles. The fourth-order valence-corrected chi connectivity index (χ4v) is 3.68. The third-order valence-electron chi connectivity index (χ3n) is 5.15. The number of primary amides is 1. The Morgan fingerprint density at radius 1 is 1.20 bits per heavy atom. The molecular formula is C22H24N6O2. The maximum absolute atomic E-state index is 11.6. The van der Waals surface area contributed by atoms with Gasteiger partial charge in [0.1, 0.15) is 5.75 Å². The zero-order valence-electron chi connectivity index (χ0n) is 17.1. The number of hydrogen-bond acceptors (Lipinski definition) is 4. The van der Waals surface area contributed by atoms with Gasteiger partial charge >= 0.3 is 6.03 Å². The molecule has 0 unspecified atom stereocenters. The van der Waals surface area contributed by atoms with Gasteiger partial charge in [-0.3, -0.25) is 9.88 Å². The Kier molecular flexibility index (Phi) is 4.91. The van der Waals surface area contributed by atoms with Crippen LogP contribution in [0.1, 0.15) is 32.4 Å². The molecule has 0 saturated carbocycles. The molecule has 0 atom stereocenters. The molecule has 2 aromatic heterocycles. The molecule has 0 aliphatic heterocycles. The van der Waals surface area contributed by atoms with Gasteiger partial charge in [-0.05, 0) is 56.2 Å². The second-order valence-corrected chi connectivity index (χ2v) is 7.40. The Labute approximate surface area is 174 Å². The number of aryl methyl sites for hydroxylation is 1. The highest BCUT2D eigenvalue weighted by molar-refractivity contribution is 5.92. The van der Waals surface area contributed by atoms with Gasteiger partial charge in [-0.2, -0.15) is 0 Å². The van der Waals surface area contributed by atoms with E-state index in [1.54, 1.807) is 10.6 Å². The summed E-state index contributed by atoms with van der Waals surface area (Å²) >= 11 is 0. The van der Waals surface area contributed by atoms with Gasteiger partial charge in [0, 0.05) is 17.6 Å². The second kappa shape index (κ2) is 7.55. The van der Waals surface area contributed by atoms with Crippen molar-refractivity contribution in [1.82, 2.24) is 19.3 Å². The molecular weight excluding hydrogens is 380 g/mol. The standard InChI is InChI=1S/C22H24N6O2/c1-4-14-8-9-19(29)16(12-14)20-25-26-22(24-21(23)30)28(20)18-7-5-6-17-15(18)10-11-27(17)13(2)3/h5-13,29H,4H2,1-3H3,(H3,23,24,26,30). The summed E-state index contributed by atoms with van der Waals surface area (Å²) in [5, 5.41) is 22.5. The number of anilines is 1. The van der Waals surface area contributed by atoms with Crippen LogP contribution in [0.3, 0.4) is 0 Å². The smallest absolute Gasteiger partial charge is 0.319 e. The molecule has 2 heterocycles. The molecule has 0 bridgehead atoms. The number of benzene rings is 2. The summed E-state index contributed by atoms with van der Waals surface area (Å²) in [6, 6.07) is 12.9. The summed E-state index contributed by atoms with van der Waals surface area (Å²) in [6.45, 7) is 6.27. The highest BCUT2D eigenvalue weighted by Crippen LogP contribution is 2.35. The van der Waals surface area contributed by atoms with Crippen molar-refractivity contribution < 1.29 is 9.90 Å². The largest absolute Gasteiger partial charge is 0.507 e. The summed E-state index contributed by atoms with van der Waals surface area (Å²) in [6.07, 6.45) is 2.83. The maximum atomic E-state index is 11.6. The minimum atomic E-state index is -0.742. The highest BCUT2D eigenvalue weighted by atomic mass is 16.3. The van der Waals surface area contributed by atoms with E-state index in [0.29, 0.717) is 11.4 Å². The van der Waals surface area contributed by atoms with E-state index in [9.17, 15) is 9.90 Å². The number of nitrogens with zero attached hydrogens (tertiary/aromatic N) is 4. The van der Waals surface area contributed by atoms with Gasteiger partial charge in [0.15, 0.2) is 5.82 Å². The van der Waals surface area contributed by atoms with Crippen LogP contribution in [0.5, 0.6) is 5.75 Å². The Morgan fingerprint density at radius 2 is 2.00 bits per heavy atom. The van der Waals surface area contributed by atoms with Crippen molar-refractivity contribution in [3.63, 3.8) is 0 Å². The zero-order valence-corrected chi connectivity index (χ0v) is 17.1. The van der Waals surface area contributed by atoms with Crippen LogP contribution in [0, 0.1) is 0 Å². The van der Waals surface area contributed by atoms with Gasteiger partial charge in [0.2, 0.25) is 5.95 Å². The fourth-order valence-electron chi connectivity index (χ4n) is 3.68. The van der Waals surface area contributed by atoms with Crippen LogP contribution in [-0.2, 0) is 6.42 Å². The number of fused-ring (bicyclic) bond motifs is 1. The number of phenols is 1. The van der Waals surface area contributed by atoms with E-state index < -0.39 is 6.03 Å². The van der Waals surface area contributed by atoms with Crippen molar-refractivity contribution in [2.45, 2.75) is 33.2 Å². The Morgan fingerprint density at radius 3 is 2.70 bits per heavy atom. The number of amides is 2. The van der Waals surface area contributed by atoms with Crippen molar-refractivity contribution in [2.24, 2.45) is 5.73 Å². The normalized spacial score (nSPS) is 11.3. The molecule has 8 nitrogen and oxygen atoms in total. The molecule has 4 aromatic rings. The summed E-state index contributed by atoms with van der Waals surface area (Å²) < 4.78 is 3.88. The van der Waals surface area contributed by atoms with E-state index >= 15 is 0 Å². The van der Waals surface area contributed by atoms with Crippen molar-refractivity contribution in [1.29, 1.82) is 0 Å². The molecule has 4 rings (SSSR count). The average Bonchev–Trinajstić information content (AvgIpc) is 3.32. The van der Waals surface area contributed by atoms with Crippen molar-refractivity contribution in [3.8, 4) is 22.8 Å². The first-order valence-corrected chi connectivity index (χ1v) is 9.84. The molecule has 0 saturated heterocycles. The van der Waals surface area contributed by atoms with Crippen molar-refractivity contribution >= 4 is 22.9 Å².